The van der Waals surface area contributed by atoms with Crippen molar-refractivity contribution in [1.82, 2.24) is 14.8 Å². The van der Waals surface area contributed by atoms with Crippen LogP contribution >= 0.6 is 23.4 Å². The van der Waals surface area contributed by atoms with Crippen molar-refractivity contribution in [3.63, 3.8) is 0 Å². The molecule has 1 unspecified atom stereocenters. The van der Waals surface area contributed by atoms with Gasteiger partial charge >= 0.3 is 0 Å². The fourth-order valence-electron chi connectivity index (χ4n) is 3.65. The molecular formula is C23H25ClN6O2S. The van der Waals surface area contributed by atoms with Gasteiger partial charge in [-0.05, 0) is 56.0 Å². The summed E-state index contributed by atoms with van der Waals surface area (Å²) in [5.41, 5.74) is 0.902. The second kappa shape index (κ2) is 10.3. The molecule has 0 saturated carbocycles. The minimum Gasteiger partial charge on any atom is -0.467 e. The molecular weight excluding hydrogens is 460 g/mol. The van der Waals surface area contributed by atoms with Gasteiger partial charge in [-0.2, -0.15) is 5.26 Å². The third kappa shape index (κ3) is 5.52. The van der Waals surface area contributed by atoms with Gasteiger partial charge in [0, 0.05) is 18.8 Å². The van der Waals surface area contributed by atoms with Crippen molar-refractivity contribution in [2.45, 2.75) is 43.6 Å². The number of nitrogens with one attached hydrogen (secondary N) is 1. The van der Waals surface area contributed by atoms with Gasteiger partial charge in [0.1, 0.15) is 11.8 Å². The number of piperidine rings is 1. The number of anilines is 2. The number of halogens is 1. The molecule has 1 N–H and O–H groups in total. The molecule has 1 aliphatic rings. The van der Waals surface area contributed by atoms with Crippen LogP contribution in [0.15, 0.2) is 46.2 Å². The Morgan fingerprint density at radius 2 is 2.15 bits per heavy atom. The Morgan fingerprint density at radius 1 is 1.36 bits per heavy atom. The van der Waals surface area contributed by atoms with Crippen molar-refractivity contribution >= 4 is 40.9 Å². The Bertz CT molecular complexity index is 1150. The molecule has 2 aromatic heterocycles. The molecule has 0 radical (unpaired) electrons. The second-order valence-corrected chi connectivity index (χ2v) is 9.89. The molecule has 1 amide bonds. The number of carbonyl (C=O) groups excluding carboxylic acids is 1. The summed E-state index contributed by atoms with van der Waals surface area (Å²) >= 11 is 7.42. The first-order valence-electron chi connectivity index (χ1n) is 10.8. The van der Waals surface area contributed by atoms with Crippen molar-refractivity contribution in [1.29, 1.82) is 5.26 Å². The number of nitrogens with zero attached hydrogens (tertiary/aromatic N) is 5. The van der Waals surface area contributed by atoms with Gasteiger partial charge in [0.15, 0.2) is 5.16 Å². The van der Waals surface area contributed by atoms with Crippen LogP contribution in [-0.2, 0) is 11.3 Å². The van der Waals surface area contributed by atoms with Gasteiger partial charge in [-0.1, -0.05) is 30.3 Å². The van der Waals surface area contributed by atoms with Crippen LogP contribution in [0.25, 0.3) is 0 Å². The summed E-state index contributed by atoms with van der Waals surface area (Å²) in [6.45, 7) is 6.44. The SMILES string of the molecule is CC1CCN(c2nnc(SC(C)C(=O)Nc3ccc(C#N)c(Cl)c3)n2Cc2ccco2)CC1. The zero-order valence-electron chi connectivity index (χ0n) is 18.5. The smallest absolute Gasteiger partial charge is 0.237 e. The highest BCUT2D eigenvalue weighted by Gasteiger charge is 2.25. The maximum atomic E-state index is 12.8. The number of hydrogen-bond donors (Lipinski definition) is 1. The molecule has 8 nitrogen and oxygen atoms in total. The number of benzene rings is 1. The zero-order valence-corrected chi connectivity index (χ0v) is 20.1. The highest BCUT2D eigenvalue weighted by molar-refractivity contribution is 8.00. The van der Waals surface area contributed by atoms with E-state index in [4.69, 9.17) is 21.3 Å². The van der Waals surface area contributed by atoms with Gasteiger partial charge in [0.2, 0.25) is 11.9 Å². The number of carbonyl (C=O) groups is 1. The lowest BCUT2D eigenvalue weighted by molar-refractivity contribution is -0.115. The van der Waals surface area contributed by atoms with Crippen LogP contribution in [0.4, 0.5) is 11.6 Å². The minimum atomic E-state index is -0.437. The quantitative estimate of drug-likeness (QED) is 0.480. The van der Waals surface area contributed by atoms with E-state index in [1.807, 2.05) is 29.7 Å². The fourth-order valence-corrected chi connectivity index (χ4v) is 4.71. The summed E-state index contributed by atoms with van der Waals surface area (Å²) < 4.78 is 7.58. The van der Waals surface area contributed by atoms with Crippen molar-refractivity contribution in [2.24, 2.45) is 5.92 Å². The molecule has 1 aromatic carbocycles. The van der Waals surface area contributed by atoms with E-state index in [0.29, 0.717) is 33.9 Å². The molecule has 1 fully saturated rings. The van der Waals surface area contributed by atoms with E-state index in [2.05, 4.69) is 27.3 Å². The summed E-state index contributed by atoms with van der Waals surface area (Å²) in [5.74, 6) is 2.11. The molecule has 33 heavy (non-hydrogen) atoms. The van der Waals surface area contributed by atoms with Gasteiger partial charge in [-0.3, -0.25) is 9.36 Å². The topological polar surface area (TPSA) is 100.0 Å². The van der Waals surface area contributed by atoms with Gasteiger partial charge in [-0.25, -0.2) is 0 Å². The monoisotopic (exact) mass is 484 g/mol. The molecule has 0 aliphatic carbocycles. The van der Waals surface area contributed by atoms with Crippen LogP contribution in [0.5, 0.6) is 0 Å². The Morgan fingerprint density at radius 3 is 2.82 bits per heavy atom. The van der Waals surface area contributed by atoms with Crippen molar-refractivity contribution in [2.75, 3.05) is 23.3 Å². The Kier molecular flexibility index (Phi) is 7.26. The third-order valence-corrected chi connectivity index (χ3v) is 7.06. The van der Waals surface area contributed by atoms with Crippen molar-refractivity contribution < 1.29 is 9.21 Å². The van der Waals surface area contributed by atoms with Gasteiger partial charge in [-0.15, -0.1) is 10.2 Å². The van der Waals surface area contributed by atoms with Crippen LogP contribution in [0.3, 0.4) is 0 Å². The summed E-state index contributed by atoms with van der Waals surface area (Å²) in [5, 5.41) is 21.3. The zero-order chi connectivity index (χ0) is 23.4. The largest absolute Gasteiger partial charge is 0.467 e. The highest BCUT2D eigenvalue weighted by Crippen LogP contribution is 2.30. The Balaban J connectivity index is 1.50. The molecule has 3 aromatic rings. The summed E-state index contributed by atoms with van der Waals surface area (Å²) in [6.07, 6.45) is 3.87. The number of nitriles is 1. The molecule has 4 rings (SSSR count). The molecule has 10 heteroatoms. The number of furan rings is 1. The number of rotatable bonds is 7. The van der Waals surface area contributed by atoms with E-state index in [1.165, 1.54) is 11.8 Å². The van der Waals surface area contributed by atoms with Crippen molar-refractivity contribution in [3.05, 3.63) is 52.9 Å². The average molecular weight is 485 g/mol. The fraction of sp³-hybridized carbons (Fsp3) is 0.391. The summed E-state index contributed by atoms with van der Waals surface area (Å²) in [6, 6.07) is 10.6. The number of hydrogen-bond acceptors (Lipinski definition) is 7. The first-order valence-corrected chi connectivity index (χ1v) is 12.1. The summed E-state index contributed by atoms with van der Waals surface area (Å²) in [7, 11) is 0. The van der Waals surface area contributed by atoms with E-state index in [1.54, 1.807) is 24.5 Å². The lowest BCUT2D eigenvalue weighted by Crippen LogP contribution is -2.35. The second-order valence-electron chi connectivity index (χ2n) is 8.17. The Labute approximate surface area is 201 Å². The first-order chi connectivity index (χ1) is 15.9. The number of aromatic nitrogens is 3. The molecule has 1 saturated heterocycles. The lowest BCUT2D eigenvalue weighted by Gasteiger charge is -2.31. The first kappa shape index (κ1) is 23.2. The minimum absolute atomic E-state index is 0.193. The normalized spacial score (nSPS) is 15.3. The van der Waals surface area contributed by atoms with Crippen molar-refractivity contribution in [3.8, 4) is 6.07 Å². The third-order valence-electron chi connectivity index (χ3n) is 5.67. The van der Waals surface area contributed by atoms with Crippen LogP contribution in [-0.4, -0.2) is 39.0 Å². The predicted octanol–water partition coefficient (Wildman–Crippen LogP) is 4.80. The van der Waals surface area contributed by atoms with Gasteiger partial charge in [0.05, 0.1) is 28.6 Å². The predicted molar refractivity (Wildman–Crippen MR) is 129 cm³/mol. The summed E-state index contributed by atoms with van der Waals surface area (Å²) in [4.78, 5) is 15.1. The van der Waals surface area contributed by atoms with E-state index in [9.17, 15) is 4.79 Å². The van der Waals surface area contributed by atoms with Crippen LogP contribution in [0.2, 0.25) is 5.02 Å². The van der Waals surface area contributed by atoms with E-state index in [-0.39, 0.29) is 5.91 Å². The van der Waals surface area contributed by atoms with Gasteiger partial charge in [0.25, 0.3) is 0 Å². The molecule has 1 aliphatic heterocycles. The van der Waals surface area contributed by atoms with Crippen LogP contribution in [0.1, 0.15) is 38.0 Å². The van der Waals surface area contributed by atoms with E-state index < -0.39 is 5.25 Å². The Hall–Kier alpha value is -2.96. The average Bonchev–Trinajstić information content (AvgIpc) is 3.45. The number of thioether (sulfide) groups is 1. The lowest BCUT2D eigenvalue weighted by atomic mass is 10.00. The molecule has 1 atom stereocenters. The molecule has 3 heterocycles. The van der Waals surface area contributed by atoms with Crippen LogP contribution in [0, 0.1) is 17.2 Å². The van der Waals surface area contributed by atoms with Gasteiger partial charge < -0.3 is 14.6 Å². The maximum absolute atomic E-state index is 12.8. The maximum Gasteiger partial charge on any atom is 0.237 e. The molecule has 0 bridgehead atoms. The highest BCUT2D eigenvalue weighted by atomic mass is 35.5. The van der Waals surface area contributed by atoms with E-state index >= 15 is 0 Å². The molecule has 172 valence electrons. The molecule has 0 spiro atoms. The standard InChI is InChI=1S/C23H25ClN6O2S/c1-15-7-9-29(10-8-15)22-27-28-23(30(22)14-19-4-3-11-32-19)33-16(2)21(31)26-18-6-5-17(13-25)20(24)12-18/h3-6,11-12,15-16H,7-10,14H2,1-2H3,(H,26,31). The van der Waals surface area contributed by atoms with Crippen LogP contribution < -0.4 is 10.2 Å². The number of amides is 1. The van der Waals surface area contributed by atoms with E-state index in [0.717, 1.165) is 37.6 Å².